The van der Waals surface area contributed by atoms with E-state index in [1.54, 1.807) is 0 Å². The Labute approximate surface area is 93.4 Å². The second-order valence-electron chi connectivity index (χ2n) is 2.28. The van der Waals surface area contributed by atoms with Crippen LogP contribution in [0.25, 0.3) is 0 Å². The maximum Gasteiger partial charge on any atom is 0.316 e. The Bertz CT molecular complexity index is 247. The van der Waals surface area contributed by atoms with Gasteiger partial charge < -0.3 is 4.74 Å². The Morgan fingerprint density at radius 2 is 1.86 bits per heavy atom. The molecule has 0 aliphatic heterocycles. The number of benzene rings is 1. The van der Waals surface area contributed by atoms with Crippen molar-refractivity contribution in [2.24, 2.45) is 0 Å². The molecule has 0 N–H and O–H groups in total. The summed E-state index contributed by atoms with van der Waals surface area (Å²) in [7, 11) is 0. The van der Waals surface area contributed by atoms with Gasteiger partial charge in [0.15, 0.2) is 0 Å². The molecule has 0 aliphatic rings. The van der Waals surface area contributed by atoms with E-state index in [4.69, 9.17) is 4.74 Å². The molecule has 78 valence electrons. The van der Waals surface area contributed by atoms with Crippen molar-refractivity contribution >= 4 is 21.9 Å². The number of hydrogen-bond donors (Lipinski definition) is 0. The number of rotatable bonds is 3. The van der Waals surface area contributed by atoms with Crippen LogP contribution in [0.15, 0.2) is 30.3 Å². The van der Waals surface area contributed by atoms with Gasteiger partial charge in [-0.25, -0.2) is 0 Å². The molecule has 1 aromatic carbocycles. The summed E-state index contributed by atoms with van der Waals surface area (Å²) >= 11 is 3.01. The van der Waals surface area contributed by atoms with Gasteiger partial charge in [0.25, 0.3) is 0 Å². The van der Waals surface area contributed by atoms with Crippen molar-refractivity contribution < 1.29 is 9.53 Å². The van der Waals surface area contributed by atoms with Gasteiger partial charge in [0, 0.05) is 0 Å². The summed E-state index contributed by atoms with van der Waals surface area (Å²) in [6.45, 7) is 4.35. The lowest BCUT2D eigenvalue weighted by atomic mass is 10.2. The van der Waals surface area contributed by atoms with E-state index in [1.165, 1.54) is 0 Å². The average Bonchev–Trinajstić information content (AvgIpc) is 2.30. The van der Waals surface area contributed by atoms with Gasteiger partial charge in [0.1, 0.15) is 11.9 Å². The van der Waals surface area contributed by atoms with Gasteiger partial charge in [-0.1, -0.05) is 60.1 Å². The molecule has 0 saturated carbocycles. The molecule has 0 bridgehead atoms. The average molecular weight is 259 g/mol. The van der Waals surface area contributed by atoms with E-state index in [1.807, 2.05) is 44.2 Å². The number of esters is 1. The van der Waals surface area contributed by atoms with Gasteiger partial charge in [-0.15, -0.1) is 0 Å². The standard InChI is InChI=1S/C9H9BrO2.C2H6/c10-6-9(11)12-7-8-4-2-1-3-5-8;1-2/h1-5H,6-7H2;1-2H3. The molecule has 0 heterocycles. The van der Waals surface area contributed by atoms with Crippen LogP contribution in [0.2, 0.25) is 0 Å². The number of carbonyl (C=O) groups excluding carboxylic acids is 1. The third-order valence-corrected chi connectivity index (χ3v) is 1.81. The summed E-state index contributed by atoms with van der Waals surface area (Å²) < 4.78 is 4.89. The van der Waals surface area contributed by atoms with Crippen LogP contribution in [0.5, 0.6) is 0 Å². The molecular formula is C11H15BrO2. The molecule has 0 atom stereocenters. The van der Waals surface area contributed by atoms with Gasteiger partial charge in [0.2, 0.25) is 0 Å². The molecule has 2 nitrogen and oxygen atoms in total. The fourth-order valence-corrected chi connectivity index (χ4v) is 0.939. The van der Waals surface area contributed by atoms with Crippen LogP contribution >= 0.6 is 15.9 Å². The van der Waals surface area contributed by atoms with Crippen molar-refractivity contribution in [2.45, 2.75) is 20.5 Å². The monoisotopic (exact) mass is 258 g/mol. The minimum absolute atomic E-state index is 0.237. The van der Waals surface area contributed by atoms with Crippen molar-refractivity contribution in [1.82, 2.24) is 0 Å². The van der Waals surface area contributed by atoms with Gasteiger partial charge in [-0.05, 0) is 5.56 Å². The summed E-state index contributed by atoms with van der Waals surface area (Å²) in [5.41, 5.74) is 1.01. The number of ether oxygens (including phenoxy) is 1. The lowest BCUT2D eigenvalue weighted by molar-refractivity contribution is -0.141. The Balaban J connectivity index is 0.000000791. The van der Waals surface area contributed by atoms with Crippen LogP contribution in [-0.2, 0) is 16.1 Å². The maximum atomic E-state index is 10.7. The highest BCUT2D eigenvalue weighted by Crippen LogP contribution is 2.00. The third kappa shape index (κ3) is 5.75. The third-order valence-electron chi connectivity index (χ3n) is 1.35. The van der Waals surface area contributed by atoms with Crippen LogP contribution in [0.1, 0.15) is 19.4 Å². The molecule has 3 heteroatoms. The van der Waals surface area contributed by atoms with E-state index in [9.17, 15) is 4.79 Å². The normalized spacial score (nSPS) is 8.50. The van der Waals surface area contributed by atoms with Crippen molar-refractivity contribution in [3.63, 3.8) is 0 Å². The molecule has 0 aromatic heterocycles. The van der Waals surface area contributed by atoms with Crippen LogP contribution in [0, 0.1) is 0 Å². The Hall–Kier alpha value is -0.830. The Morgan fingerprint density at radius 3 is 2.36 bits per heavy atom. The summed E-state index contributed by atoms with van der Waals surface area (Å²) in [4.78, 5) is 10.7. The lowest BCUT2D eigenvalue weighted by Gasteiger charge is -2.01. The molecule has 1 aromatic rings. The van der Waals surface area contributed by atoms with Gasteiger partial charge in [0.05, 0.1) is 0 Å². The quantitative estimate of drug-likeness (QED) is 0.615. The number of alkyl halides is 1. The highest BCUT2D eigenvalue weighted by molar-refractivity contribution is 9.09. The first-order valence-corrected chi connectivity index (χ1v) is 5.70. The molecule has 0 aliphatic carbocycles. The van der Waals surface area contributed by atoms with Gasteiger partial charge in [-0.2, -0.15) is 0 Å². The topological polar surface area (TPSA) is 26.3 Å². The molecule has 0 spiro atoms. The highest BCUT2D eigenvalue weighted by Gasteiger charge is 1.98. The van der Waals surface area contributed by atoms with Gasteiger partial charge >= 0.3 is 5.97 Å². The Kier molecular flexibility index (Phi) is 8.24. The first-order valence-electron chi connectivity index (χ1n) is 4.58. The van der Waals surface area contributed by atoms with E-state index in [-0.39, 0.29) is 11.3 Å². The summed E-state index contributed by atoms with van der Waals surface area (Å²) in [6, 6.07) is 9.59. The predicted octanol–water partition coefficient (Wildman–Crippen LogP) is 3.15. The SMILES string of the molecule is CC.O=C(CBr)OCc1ccccc1. The zero-order chi connectivity index (χ0) is 10.8. The largest absolute Gasteiger partial charge is 0.460 e. The number of halogens is 1. The molecule has 0 radical (unpaired) electrons. The molecule has 1 rings (SSSR count). The number of hydrogen-bond acceptors (Lipinski definition) is 2. The molecular weight excluding hydrogens is 244 g/mol. The zero-order valence-electron chi connectivity index (χ0n) is 8.50. The molecule has 0 fully saturated rings. The highest BCUT2D eigenvalue weighted by atomic mass is 79.9. The van der Waals surface area contributed by atoms with Crippen LogP contribution in [-0.4, -0.2) is 11.3 Å². The van der Waals surface area contributed by atoms with E-state index in [0.717, 1.165) is 5.56 Å². The molecule has 0 amide bonds. The maximum absolute atomic E-state index is 10.7. The van der Waals surface area contributed by atoms with E-state index >= 15 is 0 Å². The minimum Gasteiger partial charge on any atom is -0.460 e. The Morgan fingerprint density at radius 1 is 1.29 bits per heavy atom. The number of carbonyl (C=O) groups is 1. The van der Waals surface area contributed by atoms with Crippen molar-refractivity contribution in [2.75, 3.05) is 5.33 Å². The van der Waals surface area contributed by atoms with Crippen LogP contribution in [0.4, 0.5) is 0 Å². The van der Waals surface area contributed by atoms with E-state index in [0.29, 0.717) is 6.61 Å². The van der Waals surface area contributed by atoms with Crippen molar-refractivity contribution in [1.29, 1.82) is 0 Å². The lowest BCUT2D eigenvalue weighted by Crippen LogP contribution is -2.04. The van der Waals surface area contributed by atoms with Crippen LogP contribution < -0.4 is 0 Å². The van der Waals surface area contributed by atoms with Crippen LogP contribution in [0.3, 0.4) is 0 Å². The minimum atomic E-state index is -0.237. The summed E-state index contributed by atoms with van der Waals surface area (Å²) in [5, 5.41) is 0.250. The second-order valence-corrected chi connectivity index (χ2v) is 2.84. The summed E-state index contributed by atoms with van der Waals surface area (Å²) in [6.07, 6.45) is 0. The predicted molar refractivity (Wildman–Crippen MR) is 61.4 cm³/mol. The van der Waals surface area contributed by atoms with E-state index in [2.05, 4.69) is 15.9 Å². The second kappa shape index (κ2) is 8.75. The van der Waals surface area contributed by atoms with E-state index < -0.39 is 0 Å². The molecule has 14 heavy (non-hydrogen) atoms. The summed E-state index contributed by atoms with van der Waals surface area (Å²) in [5.74, 6) is -0.237. The molecule has 0 unspecified atom stereocenters. The first-order chi connectivity index (χ1) is 6.83. The zero-order valence-corrected chi connectivity index (χ0v) is 10.1. The van der Waals surface area contributed by atoms with Crippen molar-refractivity contribution in [3.05, 3.63) is 35.9 Å². The first kappa shape index (κ1) is 13.2. The fourth-order valence-electron chi connectivity index (χ4n) is 0.777. The van der Waals surface area contributed by atoms with Crippen molar-refractivity contribution in [3.8, 4) is 0 Å². The smallest absolute Gasteiger partial charge is 0.316 e. The fraction of sp³-hybridized carbons (Fsp3) is 0.364. The molecule has 0 saturated heterocycles. The van der Waals surface area contributed by atoms with Gasteiger partial charge in [-0.3, -0.25) is 4.79 Å².